The predicted octanol–water partition coefficient (Wildman–Crippen LogP) is 4.52. The molecule has 1 N–H and O–H groups in total. The molecule has 5 heterocycles. The second-order valence-electron chi connectivity index (χ2n) is 13.8. The van der Waals surface area contributed by atoms with Crippen LogP contribution in [0.25, 0.3) is 11.1 Å². The number of halogens is 1. The topological polar surface area (TPSA) is 107 Å². The van der Waals surface area contributed by atoms with Gasteiger partial charge in [0.05, 0.1) is 11.4 Å². The van der Waals surface area contributed by atoms with Crippen LogP contribution in [0.3, 0.4) is 0 Å². The average molecular weight is 642 g/mol. The van der Waals surface area contributed by atoms with E-state index >= 15 is 4.39 Å². The smallest absolute Gasteiger partial charge is 0.302 e. The first kappa shape index (κ1) is 30.9. The van der Waals surface area contributed by atoms with Crippen LogP contribution in [-0.4, -0.2) is 55.3 Å². The largest absolute Gasteiger partial charge is 0.461 e. The summed E-state index contributed by atoms with van der Waals surface area (Å²) in [5.74, 6) is -0.759. The number of rotatable bonds is 8. The molecule has 0 atom stereocenters. The predicted molar refractivity (Wildman–Crippen MR) is 176 cm³/mol. The number of fused-ring (bicyclic) bond motifs is 3. The fraction of sp³-hybridized carbons (Fsp3) is 0.429. The Morgan fingerprint density at radius 1 is 1.04 bits per heavy atom. The lowest BCUT2D eigenvalue weighted by atomic mass is 9.90. The molecule has 12 heteroatoms. The Hall–Kier alpha value is -4.71. The minimum Gasteiger partial charge on any atom is -0.461 e. The highest BCUT2D eigenvalue weighted by Gasteiger charge is 2.37. The van der Waals surface area contributed by atoms with E-state index in [0.29, 0.717) is 47.0 Å². The van der Waals surface area contributed by atoms with Gasteiger partial charge < -0.3 is 24.1 Å². The van der Waals surface area contributed by atoms with Crippen molar-refractivity contribution in [1.29, 1.82) is 0 Å². The highest BCUT2D eigenvalue weighted by molar-refractivity contribution is 6.07. The van der Waals surface area contributed by atoms with Crippen LogP contribution in [-0.2, 0) is 56.2 Å². The molecular weight excluding hydrogens is 601 g/mol. The van der Waals surface area contributed by atoms with Crippen molar-refractivity contribution in [3.05, 3.63) is 80.9 Å². The Morgan fingerprint density at radius 3 is 2.55 bits per heavy atom. The van der Waals surface area contributed by atoms with E-state index in [0.717, 1.165) is 38.2 Å². The van der Waals surface area contributed by atoms with E-state index in [1.165, 1.54) is 41.3 Å². The Morgan fingerprint density at radius 2 is 1.83 bits per heavy atom. The number of likely N-dealkylation sites (tertiary alicyclic amines) is 1. The maximum Gasteiger partial charge on any atom is 0.302 e. The minimum absolute atomic E-state index is 0.151. The molecule has 1 fully saturated rings. The normalized spacial score (nSPS) is 17.0. The molecule has 0 radical (unpaired) electrons. The maximum absolute atomic E-state index is 15.5. The molecular formula is C35H40FN7O4. The quantitative estimate of drug-likeness (QED) is 0.282. The Labute approximate surface area is 272 Å². The van der Waals surface area contributed by atoms with E-state index in [2.05, 4.69) is 33.7 Å². The van der Waals surface area contributed by atoms with E-state index in [9.17, 15) is 14.4 Å². The summed E-state index contributed by atoms with van der Waals surface area (Å²) in [5, 5.41) is 7.73. The second-order valence-corrected chi connectivity index (χ2v) is 13.8. The van der Waals surface area contributed by atoms with Crippen molar-refractivity contribution < 1.29 is 18.7 Å². The number of ether oxygens (including phenoxy) is 1. The van der Waals surface area contributed by atoms with E-state index in [4.69, 9.17) is 4.74 Å². The molecule has 0 saturated carbocycles. The third-order valence-electron chi connectivity index (χ3n) is 9.59. The molecule has 1 amide bonds. The van der Waals surface area contributed by atoms with E-state index in [1.54, 1.807) is 28.9 Å². The van der Waals surface area contributed by atoms with Gasteiger partial charge in [-0.15, -0.1) is 0 Å². The van der Waals surface area contributed by atoms with Gasteiger partial charge in [-0.1, -0.05) is 13.8 Å². The van der Waals surface area contributed by atoms with Crippen LogP contribution in [0.15, 0.2) is 41.3 Å². The molecule has 0 spiro atoms. The molecule has 2 aliphatic heterocycles. The SMILES string of the molecule is CC(=O)OCc1c(-c2cc(Nc3cc(CN4CCC4)n(C)n3)c(=O)n(C)c2)cc(F)cc1N1CCn2c(cc3c2CC(C)(C)C3)C1=O. The summed E-state index contributed by atoms with van der Waals surface area (Å²) in [5.41, 5.74) is 5.85. The zero-order chi connectivity index (χ0) is 33.2. The number of esters is 1. The maximum atomic E-state index is 15.5. The van der Waals surface area contributed by atoms with E-state index in [1.807, 2.05) is 19.2 Å². The van der Waals surface area contributed by atoms with Crippen molar-refractivity contribution in [3.63, 3.8) is 0 Å². The molecule has 0 unspecified atom stereocenters. The molecule has 4 aromatic rings. The van der Waals surface area contributed by atoms with Gasteiger partial charge >= 0.3 is 5.97 Å². The first-order valence-corrected chi connectivity index (χ1v) is 16.1. The van der Waals surface area contributed by atoms with Gasteiger partial charge in [0.25, 0.3) is 11.5 Å². The summed E-state index contributed by atoms with van der Waals surface area (Å²) >= 11 is 0. The van der Waals surface area contributed by atoms with Gasteiger partial charge in [-0.05, 0) is 73.2 Å². The summed E-state index contributed by atoms with van der Waals surface area (Å²) in [7, 11) is 3.50. The van der Waals surface area contributed by atoms with Crippen molar-refractivity contribution in [2.45, 2.75) is 59.7 Å². The van der Waals surface area contributed by atoms with Crippen LogP contribution in [0, 0.1) is 11.2 Å². The summed E-state index contributed by atoms with van der Waals surface area (Å²) in [6.45, 7) is 9.38. The van der Waals surface area contributed by atoms with Gasteiger partial charge in [-0.3, -0.25) is 24.0 Å². The van der Waals surface area contributed by atoms with Gasteiger partial charge in [-0.25, -0.2) is 4.39 Å². The fourth-order valence-corrected chi connectivity index (χ4v) is 7.16. The number of nitrogens with one attached hydrogen (secondary N) is 1. The number of hydrogen-bond acceptors (Lipinski definition) is 7. The molecule has 246 valence electrons. The van der Waals surface area contributed by atoms with Crippen LogP contribution in [0.4, 0.5) is 21.6 Å². The van der Waals surface area contributed by atoms with Crippen molar-refractivity contribution >= 4 is 29.1 Å². The molecule has 0 bridgehead atoms. The second kappa shape index (κ2) is 11.5. The summed E-state index contributed by atoms with van der Waals surface area (Å²) in [6, 6.07) is 8.22. The van der Waals surface area contributed by atoms with E-state index < -0.39 is 11.8 Å². The number of amides is 1. The number of anilines is 3. The monoisotopic (exact) mass is 641 g/mol. The zero-order valence-electron chi connectivity index (χ0n) is 27.5. The lowest BCUT2D eigenvalue weighted by molar-refractivity contribution is -0.142. The van der Waals surface area contributed by atoms with Crippen molar-refractivity contribution in [2.75, 3.05) is 29.9 Å². The van der Waals surface area contributed by atoms with Crippen LogP contribution in [0.2, 0.25) is 0 Å². The lowest BCUT2D eigenvalue weighted by Gasteiger charge is -2.32. The number of carbonyl (C=O) groups excluding carboxylic acids is 2. The Kier molecular flexibility index (Phi) is 7.58. The third kappa shape index (κ3) is 5.75. The zero-order valence-corrected chi connectivity index (χ0v) is 27.5. The van der Waals surface area contributed by atoms with Gasteiger partial charge in [0.1, 0.15) is 23.8 Å². The van der Waals surface area contributed by atoms with Gasteiger partial charge in [0, 0.05) is 69.7 Å². The standard InChI is InChI=1S/C35H40FN7O4/c1-21(44)47-20-27-26(23-11-28(33(45)39(4)18-23)37-32-15-25(40(5)38-32)19-41-7-6-8-41)13-24(36)14-29(27)43-10-9-42-30(34(43)46)12-22-16-35(2,3)17-31(22)42/h11-15,18H,6-10,16-17,19-20H2,1-5H3,(H,37,38). The Bertz CT molecular complexity index is 1980. The molecule has 1 aromatic carbocycles. The highest BCUT2D eigenvalue weighted by atomic mass is 19.1. The van der Waals surface area contributed by atoms with Gasteiger partial charge in [0.2, 0.25) is 0 Å². The van der Waals surface area contributed by atoms with Crippen LogP contribution in [0.5, 0.6) is 0 Å². The molecule has 1 saturated heterocycles. The Balaban J connectivity index is 1.27. The fourth-order valence-electron chi connectivity index (χ4n) is 7.16. The van der Waals surface area contributed by atoms with Crippen LogP contribution in [0.1, 0.15) is 60.2 Å². The molecule has 1 aliphatic carbocycles. The molecule has 3 aromatic heterocycles. The number of pyridine rings is 1. The van der Waals surface area contributed by atoms with E-state index in [-0.39, 0.29) is 29.2 Å². The number of hydrogen-bond donors (Lipinski definition) is 1. The summed E-state index contributed by atoms with van der Waals surface area (Å²) in [6.07, 6.45) is 4.61. The number of aryl methyl sites for hydroxylation is 2. The summed E-state index contributed by atoms with van der Waals surface area (Å²) < 4.78 is 26.3. The third-order valence-corrected chi connectivity index (χ3v) is 9.59. The molecule has 3 aliphatic rings. The number of aromatic nitrogens is 4. The van der Waals surface area contributed by atoms with Crippen LogP contribution < -0.4 is 15.8 Å². The van der Waals surface area contributed by atoms with Crippen LogP contribution >= 0.6 is 0 Å². The van der Waals surface area contributed by atoms with Gasteiger partial charge in [-0.2, -0.15) is 5.10 Å². The van der Waals surface area contributed by atoms with Crippen molar-refractivity contribution in [3.8, 4) is 11.1 Å². The number of benzene rings is 1. The lowest BCUT2D eigenvalue weighted by Crippen LogP contribution is -2.41. The molecule has 11 nitrogen and oxygen atoms in total. The highest BCUT2D eigenvalue weighted by Crippen LogP contribution is 2.41. The molecule has 47 heavy (non-hydrogen) atoms. The first-order chi connectivity index (χ1) is 22.4. The van der Waals surface area contributed by atoms with Gasteiger partial charge in [0.15, 0.2) is 5.82 Å². The van der Waals surface area contributed by atoms with Crippen molar-refractivity contribution in [2.24, 2.45) is 19.5 Å². The summed E-state index contributed by atoms with van der Waals surface area (Å²) in [4.78, 5) is 43.2. The van der Waals surface area contributed by atoms with Crippen molar-refractivity contribution in [1.82, 2.24) is 23.8 Å². The number of carbonyl (C=O) groups is 2. The molecule has 7 rings (SSSR count). The minimum atomic E-state index is -0.553. The average Bonchev–Trinajstić information content (AvgIpc) is 3.60. The number of nitrogens with zero attached hydrogens (tertiary/aromatic N) is 6. The first-order valence-electron chi connectivity index (χ1n) is 16.1.